The van der Waals surface area contributed by atoms with Gasteiger partial charge in [0.15, 0.2) is 30.4 Å². The van der Waals surface area contributed by atoms with Crippen molar-refractivity contribution in [3.63, 3.8) is 0 Å². The van der Waals surface area contributed by atoms with E-state index in [0.29, 0.717) is 44.5 Å². The van der Waals surface area contributed by atoms with Crippen molar-refractivity contribution in [2.45, 2.75) is 205 Å². The summed E-state index contributed by atoms with van der Waals surface area (Å²) in [6.07, 6.45) is -8.37. The molecule has 0 bridgehead atoms. The summed E-state index contributed by atoms with van der Waals surface area (Å²) < 4.78 is 56.7. The summed E-state index contributed by atoms with van der Waals surface area (Å²) in [6.45, 7) is 21.3. The van der Waals surface area contributed by atoms with Crippen molar-refractivity contribution in [1.82, 2.24) is 20.4 Å². The van der Waals surface area contributed by atoms with Gasteiger partial charge in [-0.1, -0.05) is 38.5 Å². The van der Waals surface area contributed by atoms with Crippen molar-refractivity contribution in [2.75, 3.05) is 47.9 Å². The summed E-state index contributed by atoms with van der Waals surface area (Å²) in [4.78, 5) is 57.4. The number of carbonyl (C=O) groups is 4. The molecule has 18 atom stereocenters. The van der Waals surface area contributed by atoms with Crippen molar-refractivity contribution in [3.05, 3.63) is 35.4 Å². The van der Waals surface area contributed by atoms with E-state index in [1.165, 1.54) is 7.11 Å². The molecule has 0 radical (unpaired) electrons. The van der Waals surface area contributed by atoms with Crippen molar-refractivity contribution in [3.8, 4) is 0 Å². The molecule has 19 heteroatoms. The second-order valence-electron chi connectivity index (χ2n) is 21.7. The average molecular weight is 1010 g/mol. The highest BCUT2D eigenvalue weighted by atomic mass is 16.8. The lowest BCUT2D eigenvalue weighted by Gasteiger charge is -2.49. The molecule has 71 heavy (non-hydrogen) atoms. The van der Waals surface area contributed by atoms with Crippen LogP contribution in [0.25, 0.3) is 0 Å². The van der Waals surface area contributed by atoms with E-state index < -0.39 is 102 Å². The van der Waals surface area contributed by atoms with Gasteiger partial charge in [-0.05, 0) is 127 Å². The molecule has 4 saturated heterocycles. The van der Waals surface area contributed by atoms with E-state index in [2.05, 4.69) is 10.6 Å². The first kappa shape index (κ1) is 58.2. The second kappa shape index (κ2) is 24.6. The molecule has 4 aliphatic rings. The van der Waals surface area contributed by atoms with Crippen molar-refractivity contribution in [1.29, 1.82) is 0 Å². The highest BCUT2D eigenvalue weighted by Crippen LogP contribution is 2.42. The number of rotatable bonds is 14. The number of aryl methyl sites for hydroxylation is 1. The van der Waals surface area contributed by atoms with Crippen molar-refractivity contribution < 1.29 is 72.0 Å². The van der Waals surface area contributed by atoms with Gasteiger partial charge < -0.3 is 68.4 Å². The molecule has 0 aliphatic carbocycles. The van der Waals surface area contributed by atoms with E-state index >= 15 is 0 Å². The Morgan fingerprint density at radius 3 is 2.18 bits per heavy atom. The fraction of sp³-hybridized carbons (Fsp3) is 0.808. The zero-order chi connectivity index (χ0) is 52.7. The van der Waals surface area contributed by atoms with E-state index in [9.17, 15) is 29.4 Å². The number of aliphatic hydroxyl groups is 2. The zero-order valence-corrected chi connectivity index (χ0v) is 44.9. The van der Waals surface area contributed by atoms with Gasteiger partial charge >= 0.3 is 18.2 Å². The van der Waals surface area contributed by atoms with E-state index in [1.807, 2.05) is 84.6 Å². The zero-order valence-electron chi connectivity index (χ0n) is 44.9. The molecule has 4 heterocycles. The molecule has 4 aliphatic heterocycles. The number of nitrogens with zero attached hydrogens (tertiary/aromatic N) is 2. The minimum atomic E-state index is -1.61. The number of hydrogen-bond donors (Lipinski definition) is 4. The van der Waals surface area contributed by atoms with Gasteiger partial charge in [0.05, 0.1) is 35.9 Å². The summed E-state index contributed by atoms with van der Waals surface area (Å²) in [5, 5.41) is 30.3. The van der Waals surface area contributed by atoms with Crippen LogP contribution in [-0.4, -0.2) is 182 Å². The van der Waals surface area contributed by atoms with Gasteiger partial charge in [-0.15, -0.1) is 0 Å². The molecule has 2 amide bonds. The molecule has 0 unspecified atom stereocenters. The fourth-order valence-electron chi connectivity index (χ4n) is 11.2. The number of unbranched alkanes of at least 4 members (excludes halogenated alkanes) is 1. The van der Waals surface area contributed by atoms with E-state index in [1.54, 1.807) is 46.8 Å². The Bertz CT molecular complexity index is 1920. The van der Waals surface area contributed by atoms with E-state index in [0.717, 1.165) is 5.56 Å². The number of hydrogen-bond acceptors (Lipinski definition) is 17. The van der Waals surface area contributed by atoms with Crippen molar-refractivity contribution >= 4 is 24.1 Å². The van der Waals surface area contributed by atoms with Crippen molar-refractivity contribution in [2.24, 2.45) is 17.8 Å². The molecule has 4 N–H and O–H groups in total. The standard InChI is InChI=1S/C52H86N4O15/c1-16-38-52(11)43(70-49(61)71-52)34(7)56(14)28-30(3)26-50(9,62)42(68-47-40(57)37(55(12)13)25-31(4)64-47)32(5)41(33(6)46(59)66-38)67-39-27-51(10,63-15)44(35(8)65-39)69-48(60)54-24-18-17-23-53-45(58)36-21-19-29(2)20-22-36/h19-22,30-35,37-44,47,57,62H,16-18,23-28H2,1-15H3,(H,53,58)(H,54,60)/t30-,31-,32+,33-,34-,35+,37+,38-,39+,40-,41+,42-,43-,44+,47+,50-,51-,52-/m1/s1. The van der Waals surface area contributed by atoms with Crippen LogP contribution in [-0.2, 0) is 47.4 Å². The van der Waals surface area contributed by atoms with Gasteiger partial charge in [0, 0.05) is 56.7 Å². The van der Waals surface area contributed by atoms with Gasteiger partial charge in [0.2, 0.25) is 0 Å². The number of cyclic esters (lactones) is 1. The molecule has 5 rings (SSSR count). The van der Waals surface area contributed by atoms with Crippen LogP contribution in [0.3, 0.4) is 0 Å². The third-order valence-electron chi connectivity index (χ3n) is 15.3. The largest absolute Gasteiger partial charge is 0.509 e. The lowest BCUT2D eigenvalue weighted by atomic mass is 9.77. The third kappa shape index (κ3) is 14.1. The molecular weight excluding hydrogens is 921 g/mol. The first-order valence-corrected chi connectivity index (χ1v) is 25.6. The Balaban J connectivity index is 1.40. The maximum Gasteiger partial charge on any atom is 0.509 e. The fourth-order valence-corrected chi connectivity index (χ4v) is 11.2. The molecule has 0 spiro atoms. The number of aliphatic hydroxyl groups excluding tert-OH is 1. The minimum Gasteiger partial charge on any atom is -0.458 e. The number of methoxy groups -OCH3 is 1. The minimum absolute atomic E-state index is 0.0533. The lowest BCUT2D eigenvalue weighted by Crippen LogP contribution is -2.61. The van der Waals surface area contributed by atoms with E-state index in [-0.39, 0.29) is 49.3 Å². The van der Waals surface area contributed by atoms with Crippen LogP contribution in [0.2, 0.25) is 0 Å². The second-order valence-corrected chi connectivity index (χ2v) is 21.7. The van der Waals surface area contributed by atoms with Crippen LogP contribution in [0.15, 0.2) is 24.3 Å². The number of amides is 2. The van der Waals surface area contributed by atoms with Crippen LogP contribution >= 0.6 is 0 Å². The first-order chi connectivity index (χ1) is 33.2. The lowest BCUT2D eigenvalue weighted by molar-refractivity contribution is -0.317. The smallest absolute Gasteiger partial charge is 0.458 e. The number of alkyl carbamates (subject to hydrolysis) is 1. The molecular formula is C52H86N4O15. The van der Waals surface area contributed by atoms with E-state index in [4.69, 9.17) is 42.6 Å². The van der Waals surface area contributed by atoms with Crippen LogP contribution in [0.4, 0.5) is 9.59 Å². The summed E-state index contributed by atoms with van der Waals surface area (Å²) in [7, 11) is 7.18. The summed E-state index contributed by atoms with van der Waals surface area (Å²) >= 11 is 0. The van der Waals surface area contributed by atoms with Gasteiger partial charge in [0.25, 0.3) is 5.91 Å². The number of carbonyl (C=O) groups excluding carboxylic acids is 4. The Hall–Kier alpha value is -3.66. The maximum atomic E-state index is 14.7. The Labute approximate surface area is 421 Å². The maximum absolute atomic E-state index is 14.7. The number of esters is 1. The van der Waals surface area contributed by atoms with Gasteiger partial charge in [-0.2, -0.15) is 0 Å². The number of nitrogens with one attached hydrogen (secondary N) is 2. The number of benzene rings is 1. The highest BCUT2D eigenvalue weighted by Gasteiger charge is 2.58. The number of fused-ring (bicyclic) bond motifs is 1. The summed E-state index contributed by atoms with van der Waals surface area (Å²) in [5.74, 6) is -2.86. The predicted molar refractivity (Wildman–Crippen MR) is 262 cm³/mol. The van der Waals surface area contributed by atoms with Crippen LogP contribution < -0.4 is 10.6 Å². The Kier molecular flexibility index (Phi) is 20.2. The topological polar surface area (TPSA) is 222 Å². The van der Waals surface area contributed by atoms with Gasteiger partial charge in [-0.25, -0.2) is 9.59 Å². The third-order valence-corrected chi connectivity index (χ3v) is 15.3. The molecule has 1 aromatic carbocycles. The van der Waals surface area contributed by atoms with Gasteiger partial charge in [0.1, 0.15) is 17.8 Å². The molecule has 4 fully saturated rings. The Morgan fingerprint density at radius 1 is 0.915 bits per heavy atom. The monoisotopic (exact) mass is 1010 g/mol. The Morgan fingerprint density at radius 2 is 1.56 bits per heavy atom. The average Bonchev–Trinajstić information content (AvgIpc) is 3.62. The summed E-state index contributed by atoms with van der Waals surface area (Å²) in [5.41, 5.74) is -2.46. The molecule has 19 nitrogen and oxygen atoms in total. The highest BCUT2D eigenvalue weighted by molar-refractivity contribution is 5.94. The van der Waals surface area contributed by atoms with Gasteiger partial charge in [-0.3, -0.25) is 14.5 Å². The SMILES string of the molecule is CC[C@H]1OC(=O)[C@H](C)[C@@H](O[C@H]2C[C@@](C)(OC)[C@@H](OC(=O)NCCCCNC(=O)c3ccc(C)cc3)[C@H](C)O2)[C@H](C)[C@@H](O[C@@H]2O[C@H](C)C[C@H](N(C)C)[C@H]2O)[C@](C)(O)C[C@@H](C)CN(C)[C@H](C)[C@H]2OC(=O)O[C@@]21C. The van der Waals surface area contributed by atoms with Crippen LogP contribution in [0.1, 0.15) is 124 Å². The summed E-state index contributed by atoms with van der Waals surface area (Å²) in [6, 6.07) is 6.64. The molecule has 1 aromatic rings. The molecule has 404 valence electrons. The first-order valence-electron chi connectivity index (χ1n) is 25.6. The number of ether oxygens (including phenoxy) is 9. The quantitative estimate of drug-likeness (QED) is 0.105. The number of likely N-dealkylation sites (N-methyl/N-ethyl adjacent to an activating group) is 2. The molecule has 0 saturated carbocycles. The predicted octanol–water partition coefficient (Wildman–Crippen LogP) is 5.34. The molecule has 0 aromatic heterocycles. The normalized spacial score (nSPS) is 39.8. The van der Waals surface area contributed by atoms with Crippen LogP contribution in [0.5, 0.6) is 0 Å². The van der Waals surface area contributed by atoms with Crippen LogP contribution in [0, 0.1) is 24.7 Å².